The molecule has 5 nitrogen and oxygen atoms in total. The van der Waals surface area contributed by atoms with Crippen molar-refractivity contribution in [1.29, 1.82) is 0 Å². The van der Waals surface area contributed by atoms with E-state index in [2.05, 4.69) is 0 Å². The van der Waals surface area contributed by atoms with Gasteiger partial charge in [0.15, 0.2) is 0 Å². The number of hydrogen-bond donors (Lipinski definition) is 0. The lowest BCUT2D eigenvalue weighted by atomic mass is 10.2. The molecule has 1 atom stereocenters. The Kier molecular flexibility index (Phi) is 4.43. The first kappa shape index (κ1) is 13.4. The largest absolute Gasteiger partial charge is 0.464 e. The monoisotopic (exact) mass is 239 g/mol. The van der Waals surface area contributed by atoms with Gasteiger partial charge in [-0.1, -0.05) is 20.8 Å². The summed E-state index contributed by atoms with van der Waals surface area (Å²) in [6.45, 7) is 5.86. The molecule has 94 valence electrons. The van der Waals surface area contributed by atoms with Crippen molar-refractivity contribution >= 4 is 17.8 Å². The van der Waals surface area contributed by atoms with Gasteiger partial charge in [-0.2, -0.15) is 0 Å². The highest BCUT2D eigenvalue weighted by molar-refractivity contribution is 6.14. The molecule has 1 unspecified atom stereocenters. The minimum atomic E-state index is -0.816. The molecule has 0 saturated carbocycles. The molecule has 0 aromatic carbocycles. The van der Waals surface area contributed by atoms with Crippen LogP contribution in [0.25, 0.3) is 0 Å². The molecule has 0 spiro atoms. The van der Waals surface area contributed by atoms with Crippen molar-refractivity contribution in [2.75, 3.05) is 6.61 Å². The topological polar surface area (TPSA) is 63.7 Å². The molecule has 1 aliphatic heterocycles. The van der Waals surface area contributed by atoms with E-state index >= 15 is 0 Å². The van der Waals surface area contributed by atoms with Crippen molar-refractivity contribution in [3.05, 3.63) is 12.2 Å². The summed E-state index contributed by atoms with van der Waals surface area (Å²) in [5.74, 6) is -1.21. The summed E-state index contributed by atoms with van der Waals surface area (Å²) in [4.78, 5) is 35.6. The Balaban J connectivity index is 2.68. The highest BCUT2D eigenvalue weighted by Gasteiger charge is 2.35. The molecule has 1 aliphatic rings. The number of amides is 2. The Labute approximate surface area is 100 Å². The van der Waals surface area contributed by atoms with E-state index in [1.54, 1.807) is 6.92 Å². The summed E-state index contributed by atoms with van der Waals surface area (Å²) in [6, 6.07) is -0.816. The zero-order valence-electron chi connectivity index (χ0n) is 10.3. The molecule has 17 heavy (non-hydrogen) atoms. The normalized spacial score (nSPS) is 16.8. The maximum absolute atomic E-state index is 11.8. The number of carbonyl (C=O) groups is 3. The maximum Gasteiger partial charge on any atom is 0.329 e. The smallest absolute Gasteiger partial charge is 0.329 e. The molecule has 0 aliphatic carbocycles. The predicted molar refractivity (Wildman–Crippen MR) is 60.9 cm³/mol. The number of hydrogen-bond acceptors (Lipinski definition) is 4. The number of nitrogens with zero attached hydrogens (tertiary/aromatic N) is 1. The molecule has 2 amide bonds. The van der Waals surface area contributed by atoms with Crippen molar-refractivity contribution < 1.29 is 19.1 Å². The number of carbonyl (C=O) groups excluding carboxylic acids is 3. The third-order valence-electron chi connectivity index (χ3n) is 2.37. The molecule has 0 aromatic heterocycles. The molecule has 5 heteroatoms. The Bertz CT molecular complexity index is 342. The van der Waals surface area contributed by atoms with Gasteiger partial charge in [-0.25, -0.2) is 4.79 Å². The van der Waals surface area contributed by atoms with Crippen LogP contribution in [0.15, 0.2) is 12.2 Å². The van der Waals surface area contributed by atoms with E-state index in [0.29, 0.717) is 13.0 Å². The molecule has 1 rings (SSSR count). The van der Waals surface area contributed by atoms with Crippen LogP contribution >= 0.6 is 0 Å². The summed E-state index contributed by atoms with van der Waals surface area (Å²) in [6.07, 6.45) is 2.69. The van der Waals surface area contributed by atoms with Crippen LogP contribution in [0.4, 0.5) is 0 Å². The quantitative estimate of drug-likeness (QED) is 0.528. The van der Waals surface area contributed by atoms with Crippen molar-refractivity contribution in [2.24, 2.45) is 5.92 Å². The van der Waals surface area contributed by atoms with E-state index < -0.39 is 23.8 Å². The lowest BCUT2D eigenvalue weighted by Crippen LogP contribution is -2.45. The van der Waals surface area contributed by atoms with Crippen LogP contribution in [0.5, 0.6) is 0 Å². The van der Waals surface area contributed by atoms with Gasteiger partial charge in [-0.05, 0) is 12.3 Å². The van der Waals surface area contributed by atoms with Crippen molar-refractivity contribution in [3.8, 4) is 0 Å². The van der Waals surface area contributed by atoms with Gasteiger partial charge in [0.2, 0.25) is 0 Å². The molecular weight excluding hydrogens is 222 g/mol. The zero-order chi connectivity index (χ0) is 13.0. The van der Waals surface area contributed by atoms with Crippen LogP contribution in [-0.2, 0) is 19.1 Å². The Hall–Kier alpha value is -1.65. The third kappa shape index (κ3) is 3.15. The van der Waals surface area contributed by atoms with Crippen LogP contribution in [0, 0.1) is 5.92 Å². The Morgan fingerprint density at radius 2 is 1.82 bits per heavy atom. The first-order chi connectivity index (χ1) is 7.97. The SMILES string of the molecule is CCC(C(=O)OCC(C)C)N1C(=O)C=CC1=O. The summed E-state index contributed by atoms with van der Waals surface area (Å²) in [5.41, 5.74) is 0. The number of rotatable bonds is 5. The van der Waals surface area contributed by atoms with Crippen molar-refractivity contribution in [1.82, 2.24) is 4.90 Å². The van der Waals surface area contributed by atoms with E-state index in [0.717, 1.165) is 4.90 Å². The molecule has 0 bridgehead atoms. The fourth-order valence-electron chi connectivity index (χ4n) is 1.52. The van der Waals surface area contributed by atoms with Crippen LogP contribution in [0.2, 0.25) is 0 Å². The molecular formula is C12H17NO4. The highest BCUT2D eigenvalue weighted by atomic mass is 16.5. The number of imide groups is 1. The summed E-state index contributed by atoms with van der Waals surface area (Å²) in [5, 5.41) is 0. The average Bonchev–Trinajstić information content (AvgIpc) is 2.59. The van der Waals surface area contributed by atoms with E-state index in [-0.39, 0.29) is 5.92 Å². The molecule has 0 saturated heterocycles. The van der Waals surface area contributed by atoms with Gasteiger partial charge in [-0.3, -0.25) is 14.5 Å². The standard InChI is InChI=1S/C12H17NO4/c1-4-9(12(16)17-7-8(2)3)13-10(14)5-6-11(13)15/h5-6,8-9H,4,7H2,1-3H3. The molecule has 0 fully saturated rings. The lowest BCUT2D eigenvalue weighted by molar-refractivity contribution is -0.158. The zero-order valence-corrected chi connectivity index (χ0v) is 10.3. The van der Waals surface area contributed by atoms with E-state index in [1.807, 2.05) is 13.8 Å². The maximum atomic E-state index is 11.8. The average molecular weight is 239 g/mol. The van der Waals surface area contributed by atoms with Gasteiger partial charge < -0.3 is 4.74 Å². The third-order valence-corrected chi connectivity index (χ3v) is 2.37. The predicted octanol–water partition coefficient (Wildman–Crippen LogP) is 0.889. The summed E-state index contributed by atoms with van der Waals surface area (Å²) >= 11 is 0. The summed E-state index contributed by atoms with van der Waals surface area (Å²) in [7, 11) is 0. The van der Waals surface area contributed by atoms with Crippen LogP contribution in [0.1, 0.15) is 27.2 Å². The lowest BCUT2D eigenvalue weighted by Gasteiger charge is -2.23. The van der Waals surface area contributed by atoms with Gasteiger partial charge in [0.1, 0.15) is 6.04 Å². The van der Waals surface area contributed by atoms with E-state index in [9.17, 15) is 14.4 Å². The first-order valence-corrected chi connectivity index (χ1v) is 5.69. The minimum Gasteiger partial charge on any atom is -0.464 e. The molecule has 1 heterocycles. The number of ether oxygens (including phenoxy) is 1. The van der Waals surface area contributed by atoms with Gasteiger partial charge in [0.05, 0.1) is 6.61 Å². The molecule has 0 N–H and O–H groups in total. The fraction of sp³-hybridized carbons (Fsp3) is 0.583. The second-order valence-corrected chi connectivity index (χ2v) is 4.33. The second-order valence-electron chi connectivity index (χ2n) is 4.33. The van der Waals surface area contributed by atoms with Gasteiger partial charge in [0.25, 0.3) is 11.8 Å². The van der Waals surface area contributed by atoms with Gasteiger partial charge >= 0.3 is 5.97 Å². The van der Waals surface area contributed by atoms with Gasteiger partial charge in [-0.15, -0.1) is 0 Å². The van der Waals surface area contributed by atoms with Crippen LogP contribution < -0.4 is 0 Å². The Morgan fingerprint density at radius 1 is 1.29 bits per heavy atom. The van der Waals surface area contributed by atoms with Crippen LogP contribution in [-0.4, -0.2) is 35.3 Å². The number of esters is 1. The first-order valence-electron chi connectivity index (χ1n) is 5.69. The summed E-state index contributed by atoms with van der Waals surface area (Å²) < 4.78 is 5.05. The second kappa shape index (κ2) is 5.61. The van der Waals surface area contributed by atoms with Crippen molar-refractivity contribution in [3.63, 3.8) is 0 Å². The Morgan fingerprint density at radius 3 is 2.24 bits per heavy atom. The van der Waals surface area contributed by atoms with Crippen LogP contribution in [0.3, 0.4) is 0 Å². The molecule has 0 aromatic rings. The van der Waals surface area contributed by atoms with E-state index in [4.69, 9.17) is 4.74 Å². The van der Waals surface area contributed by atoms with E-state index in [1.165, 1.54) is 12.2 Å². The van der Waals surface area contributed by atoms with Crippen molar-refractivity contribution in [2.45, 2.75) is 33.2 Å². The molecule has 0 radical (unpaired) electrons. The van der Waals surface area contributed by atoms with Gasteiger partial charge in [0, 0.05) is 12.2 Å². The highest BCUT2D eigenvalue weighted by Crippen LogP contribution is 2.13. The minimum absolute atomic E-state index is 0.222. The fourth-order valence-corrected chi connectivity index (χ4v) is 1.52.